The monoisotopic (exact) mass is 402 g/mol. The number of likely N-dealkylation sites (N-methyl/N-ethyl adjacent to an activating group) is 1. The molecule has 3 rings (SSSR count). The van der Waals surface area contributed by atoms with Crippen molar-refractivity contribution in [1.29, 1.82) is 0 Å². The highest BCUT2D eigenvalue weighted by atomic mass is 35.5. The molecule has 0 saturated heterocycles. The van der Waals surface area contributed by atoms with Crippen molar-refractivity contribution in [3.05, 3.63) is 70.4 Å². The van der Waals surface area contributed by atoms with Gasteiger partial charge in [0.15, 0.2) is 5.76 Å². The molecule has 4 nitrogen and oxygen atoms in total. The number of carbonyl (C=O) groups excluding carboxylic acids is 1. The number of halogens is 1. The van der Waals surface area contributed by atoms with Gasteiger partial charge >= 0.3 is 0 Å². The molecular weight excluding hydrogens is 380 g/mol. The van der Waals surface area contributed by atoms with Gasteiger partial charge in [-0.2, -0.15) is 11.8 Å². The predicted octanol–water partition coefficient (Wildman–Crippen LogP) is 4.98. The molecule has 0 saturated carbocycles. The highest BCUT2D eigenvalue weighted by Gasteiger charge is 2.23. The van der Waals surface area contributed by atoms with E-state index < -0.39 is 0 Å². The molecule has 1 N–H and O–H groups in total. The number of nitrogens with one attached hydrogen (secondary N) is 1. The minimum Gasteiger partial charge on any atom is -0.451 e. The minimum absolute atomic E-state index is 0.0315. The summed E-state index contributed by atoms with van der Waals surface area (Å²) < 4.78 is 5.87. The second kappa shape index (κ2) is 8.83. The second-order valence-corrected chi connectivity index (χ2v) is 7.82. The first-order valence-corrected chi connectivity index (χ1v) is 10.5. The van der Waals surface area contributed by atoms with Crippen LogP contribution in [0, 0.1) is 0 Å². The third-order valence-electron chi connectivity index (χ3n) is 4.54. The van der Waals surface area contributed by atoms with Crippen molar-refractivity contribution in [2.45, 2.75) is 11.8 Å². The fourth-order valence-corrected chi connectivity index (χ4v) is 3.99. The zero-order valence-electron chi connectivity index (χ0n) is 15.7. The van der Waals surface area contributed by atoms with Gasteiger partial charge in [0.05, 0.1) is 6.04 Å². The highest BCUT2D eigenvalue weighted by molar-refractivity contribution is 7.97. The molecule has 0 fully saturated rings. The van der Waals surface area contributed by atoms with Crippen molar-refractivity contribution in [1.82, 2.24) is 10.2 Å². The fraction of sp³-hybridized carbons (Fsp3) is 0.286. The number of nitrogens with zero attached hydrogens (tertiary/aromatic N) is 1. The van der Waals surface area contributed by atoms with Crippen LogP contribution >= 0.6 is 23.4 Å². The van der Waals surface area contributed by atoms with E-state index in [4.69, 9.17) is 16.0 Å². The molecule has 0 spiro atoms. The lowest BCUT2D eigenvalue weighted by atomic mass is 10.1. The molecule has 1 amide bonds. The number of amides is 1. The molecule has 0 aliphatic carbocycles. The number of carbonyl (C=O) groups is 1. The summed E-state index contributed by atoms with van der Waals surface area (Å²) in [5.74, 6) is 0.915. The van der Waals surface area contributed by atoms with Crippen molar-refractivity contribution >= 4 is 40.2 Å². The van der Waals surface area contributed by atoms with E-state index in [1.807, 2.05) is 73.8 Å². The van der Waals surface area contributed by atoms with Gasteiger partial charge < -0.3 is 14.6 Å². The molecule has 6 heteroatoms. The molecule has 0 radical (unpaired) electrons. The number of rotatable bonds is 7. The normalized spacial score (nSPS) is 12.5. The van der Waals surface area contributed by atoms with E-state index in [1.54, 1.807) is 11.8 Å². The number of fused-ring (bicyclic) bond motifs is 1. The maximum Gasteiger partial charge on any atom is 0.287 e. The first kappa shape index (κ1) is 19.8. The number of hydrogen-bond acceptors (Lipinski definition) is 4. The average molecular weight is 403 g/mol. The summed E-state index contributed by atoms with van der Waals surface area (Å²) in [5.41, 5.74) is 2.66. The van der Waals surface area contributed by atoms with Crippen molar-refractivity contribution in [2.24, 2.45) is 0 Å². The SMILES string of the molecule is CSCc1c(C(=O)NC[C@@H](c2ccccc2Cl)N(C)C)oc2ccccc12. The number of hydrogen-bond donors (Lipinski definition) is 1. The van der Waals surface area contributed by atoms with E-state index in [0.29, 0.717) is 17.3 Å². The third-order valence-corrected chi connectivity index (χ3v) is 5.46. The van der Waals surface area contributed by atoms with E-state index in [9.17, 15) is 4.79 Å². The van der Waals surface area contributed by atoms with Gasteiger partial charge in [-0.1, -0.05) is 48.0 Å². The van der Waals surface area contributed by atoms with E-state index in [1.165, 1.54) is 0 Å². The summed E-state index contributed by atoms with van der Waals surface area (Å²) in [6.45, 7) is 0.436. The third kappa shape index (κ3) is 4.32. The topological polar surface area (TPSA) is 45.5 Å². The summed E-state index contributed by atoms with van der Waals surface area (Å²) in [7, 11) is 3.95. The molecule has 0 aliphatic heterocycles. The van der Waals surface area contributed by atoms with Crippen LogP contribution in [0.15, 0.2) is 52.9 Å². The fourth-order valence-electron chi connectivity index (χ4n) is 3.16. The molecule has 27 heavy (non-hydrogen) atoms. The van der Waals surface area contributed by atoms with Crippen LogP contribution in [0.3, 0.4) is 0 Å². The van der Waals surface area contributed by atoms with Gasteiger partial charge in [0.25, 0.3) is 5.91 Å². The summed E-state index contributed by atoms with van der Waals surface area (Å²) in [6, 6.07) is 15.4. The lowest BCUT2D eigenvalue weighted by Gasteiger charge is -2.25. The molecule has 3 aromatic rings. The van der Waals surface area contributed by atoms with Gasteiger partial charge in [0.2, 0.25) is 0 Å². The summed E-state index contributed by atoms with van der Waals surface area (Å²) in [5, 5.41) is 4.71. The molecule has 1 aromatic heterocycles. The predicted molar refractivity (Wildman–Crippen MR) is 114 cm³/mol. The van der Waals surface area contributed by atoms with Crippen molar-refractivity contribution in [2.75, 3.05) is 26.9 Å². The van der Waals surface area contributed by atoms with Crippen molar-refractivity contribution in [3.63, 3.8) is 0 Å². The van der Waals surface area contributed by atoms with E-state index >= 15 is 0 Å². The van der Waals surface area contributed by atoms with Gasteiger partial charge in [-0.25, -0.2) is 0 Å². The Kier molecular flexibility index (Phi) is 6.47. The van der Waals surface area contributed by atoms with Crippen LogP contribution in [0.1, 0.15) is 27.7 Å². The Morgan fingerprint density at radius 1 is 1.19 bits per heavy atom. The Bertz CT molecular complexity index is 939. The van der Waals surface area contributed by atoms with Crippen LogP contribution in [0.2, 0.25) is 5.02 Å². The first-order chi connectivity index (χ1) is 13.0. The number of furan rings is 1. The zero-order valence-corrected chi connectivity index (χ0v) is 17.2. The van der Waals surface area contributed by atoms with Gasteiger partial charge in [0, 0.05) is 28.3 Å². The number of benzene rings is 2. The second-order valence-electron chi connectivity index (χ2n) is 6.55. The van der Waals surface area contributed by atoms with Crippen LogP contribution in [-0.4, -0.2) is 37.7 Å². The molecule has 1 heterocycles. The lowest BCUT2D eigenvalue weighted by molar-refractivity contribution is 0.0915. The van der Waals surface area contributed by atoms with Crippen LogP contribution in [0.5, 0.6) is 0 Å². The number of thioether (sulfide) groups is 1. The Morgan fingerprint density at radius 3 is 2.59 bits per heavy atom. The Balaban J connectivity index is 1.83. The summed E-state index contributed by atoms with van der Waals surface area (Å²) in [6.07, 6.45) is 2.02. The standard InChI is InChI=1S/C21H23ClN2O2S/c1-24(2)18(15-9-4-6-10-17(15)22)12-23-21(25)20-16(13-27-3)14-8-5-7-11-19(14)26-20/h4-11,18H,12-13H2,1-3H3,(H,23,25)/t18-/m0/s1. The lowest BCUT2D eigenvalue weighted by Crippen LogP contribution is -2.34. The molecule has 0 bridgehead atoms. The molecule has 1 atom stereocenters. The van der Waals surface area contributed by atoms with E-state index in [-0.39, 0.29) is 11.9 Å². The molecule has 0 unspecified atom stereocenters. The van der Waals surface area contributed by atoms with Gasteiger partial charge in [-0.15, -0.1) is 0 Å². The summed E-state index contributed by atoms with van der Waals surface area (Å²) in [4.78, 5) is 14.9. The smallest absolute Gasteiger partial charge is 0.287 e. The van der Waals surface area contributed by atoms with Crippen LogP contribution in [0.25, 0.3) is 11.0 Å². The Hall–Kier alpha value is -1.95. The Labute approximate surface area is 168 Å². The minimum atomic E-state index is -0.200. The first-order valence-electron chi connectivity index (χ1n) is 8.71. The molecular formula is C21H23ClN2O2S. The molecule has 2 aromatic carbocycles. The summed E-state index contributed by atoms with van der Waals surface area (Å²) >= 11 is 8.02. The van der Waals surface area contributed by atoms with Crippen LogP contribution < -0.4 is 5.32 Å². The van der Waals surface area contributed by atoms with E-state index in [0.717, 1.165) is 27.8 Å². The van der Waals surface area contributed by atoms with Crippen molar-refractivity contribution in [3.8, 4) is 0 Å². The average Bonchev–Trinajstić information content (AvgIpc) is 3.02. The van der Waals surface area contributed by atoms with Gasteiger partial charge in [0.1, 0.15) is 5.58 Å². The quantitative estimate of drug-likeness (QED) is 0.605. The van der Waals surface area contributed by atoms with Crippen molar-refractivity contribution < 1.29 is 9.21 Å². The van der Waals surface area contributed by atoms with Crippen LogP contribution in [0.4, 0.5) is 0 Å². The zero-order chi connectivity index (χ0) is 19.4. The maximum absolute atomic E-state index is 12.9. The largest absolute Gasteiger partial charge is 0.451 e. The Morgan fingerprint density at radius 2 is 1.89 bits per heavy atom. The molecule has 142 valence electrons. The van der Waals surface area contributed by atoms with Crippen LogP contribution in [-0.2, 0) is 5.75 Å². The van der Waals surface area contributed by atoms with E-state index in [2.05, 4.69) is 5.32 Å². The van der Waals surface area contributed by atoms with Gasteiger partial charge in [-0.3, -0.25) is 4.79 Å². The maximum atomic E-state index is 12.9. The highest BCUT2D eigenvalue weighted by Crippen LogP contribution is 2.29. The number of para-hydroxylation sites is 1. The van der Waals surface area contributed by atoms with Gasteiger partial charge in [-0.05, 0) is 38.0 Å². The molecule has 0 aliphatic rings.